The van der Waals surface area contributed by atoms with Crippen LogP contribution in [0.15, 0.2) is 66.7 Å². The standard InChI is InChI=1S/C24H24O2/c1-17(2)14-18-4-8-20(9-5-18)24(25)13-7-19-6-10-22-16-23(26-3)12-11-21(22)15-19/h4-13,15-17H,14H2,1-3H3/b13-7+. The van der Waals surface area contributed by atoms with Crippen molar-refractivity contribution in [1.29, 1.82) is 0 Å². The highest BCUT2D eigenvalue weighted by Crippen LogP contribution is 2.22. The van der Waals surface area contributed by atoms with Crippen LogP contribution < -0.4 is 4.74 Å². The summed E-state index contributed by atoms with van der Waals surface area (Å²) in [4.78, 5) is 12.4. The third-order valence-electron chi connectivity index (χ3n) is 4.38. The summed E-state index contributed by atoms with van der Waals surface area (Å²) in [5.41, 5.74) is 3.00. The van der Waals surface area contributed by atoms with Crippen molar-refractivity contribution in [2.24, 2.45) is 5.92 Å². The number of carbonyl (C=O) groups excluding carboxylic acids is 1. The van der Waals surface area contributed by atoms with E-state index in [0.717, 1.165) is 34.1 Å². The van der Waals surface area contributed by atoms with Gasteiger partial charge in [-0.25, -0.2) is 0 Å². The molecule has 0 aliphatic heterocycles. The molecule has 0 heterocycles. The predicted octanol–water partition coefficient (Wildman–Crippen LogP) is 5.94. The van der Waals surface area contributed by atoms with Gasteiger partial charge in [-0.1, -0.05) is 62.4 Å². The quantitative estimate of drug-likeness (QED) is 0.408. The Balaban J connectivity index is 1.74. The van der Waals surface area contributed by atoms with Crippen LogP contribution in [-0.4, -0.2) is 12.9 Å². The molecule has 3 rings (SSSR count). The van der Waals surface area contributed by atoms with Gasteiger partial charge in [0.2, 0.25) is 0 Å². The van der Waals surface area contributed by atoms with Gasteiger partial charge in [0.25, 0.3) is 0 Å². The summed E-state index contributed by atoms with van der Waals surface area (Å²) in [5, 5.41) is 2.24. The number of carbonyl (C=O) groups is 1. The van der Waals surface area contributed by atoms with Crippen molar-refractivity contribution in [2.75, 3.05) is 7.11 Å². The lowest BCUT2D eigenvalue weighted by atomic mass is 10.0. The zero-order valence-corrected chi connectivity index (χ0v) is 15.5. The third-order valence-corrected chi connectivity index (χ3v) is 4.38. The fourth-order valence-electron chi connectivity index (χ4n) is 3.02. The second-order valence-electron chi connectivity index (χ2n) is 6.96. The largest absolute Gasteiger partial charge is 0.497 e. The van der Waals surface area contributed by atoms with Crippen LogP contribution in [0.25, 0.3) is 16.8 Å². The summed E-state index contributed by atoms with van der Waals surface area (Å²) in [5.74, 6) is 1.48. The minimum atomic E-state index is 0.0240. The van der Waals surface area contributed by atoms with Crippen molar-refractivity contribution < 1.29 is 9.53 Å². The molecule has 0 unspecified atom stereocenters. The van der Waals surface area contributed by atoms with Crippen LogP contribution in [0.2, 0.25) is 0 Å². The van der Waals surface area contributed by atoms with E-state index in [-0.39, 0.29) is 5.78 Å². The Labute approximate surface area is 155 Å². The maximum absolute atomic E-state index is 12.4. The molecule has 26 heavy (non-hydrogen) atoms. The number of benzene rings is 3. The highest BCUT2D eigenvalue weighted by atomic mass is 16.5. The number of allylic oxidation sites excluding steroid dienone is 1. The Kier molecular flexibility index (Phi) is 5.52. The van der Waals surface area contributed by atoms with Gasteiger partial charge >= 0.3 is 0 Å². The molecule has 0 saturated heterocycles. The zero-order chi connectivity index (χ0) is 18.5. The highest BCUT2D eigenvalue weighted by molar-refractivity contribution is 6.07. The van der Waals surface area contributed by atoms with Crippen molar-refractivity contribution >= 4 is 22.6 Å². The van der Waals surface area contributed by atoms with Crippen LogP contribution in [0.1, 0.15) is 35.3 Å². The molecule has 2 heteroatoms. The molecular formula is C24H24O2. The summed E-state index contributed by atoms with van der Waals surface area (Å²) in [6.07, 6.45) is 4.54. The van der Waals surface area contributed by atoms with Gasteiger partial charge in [0, 0.05) is 5.56 Å². The van der Waals surface area contributed by atoms with Gasteiger partial charge in [0.15, 0.2) is 5.78 Å². The second-order valence-corrected chi connectivity index (χ2v) is 6.96. The van der Waals surface area contributed by atoms with Crippen molar-refractivity contribution in [3.63, 3.8) is 0 Å². The van der Waals surface area contributed by atoms with Gasteiger partial charge in [-0.15, -0.1) is 0 Å². The van der Waals surface area contributed by atoms with Gasteiger partial charge in [-0.3, -0.25) is 4.79 Å². The van der Waals surface area contributed by atoms with Gasteiger partial charge in [-0.2, -0.15) is 0 Å². The molecule has 0 fully saturated rings. The van der Waals surface area contributed by atoms with Gasteiger partial charge in [0.05, 0.1) is 7.11 Å². The molecule has 0 amide bonds. The summed E-state index contributed by atoms with van der Waals surface area (Å²) in [6.45, 7) is 4.39. The molecule has 0 radical (unpaired) electrons. The van der Waals surface area contributed by atoms with E-state index in [1.807, 2.05) is 60.7 Å². The van der Waals surface area contributed by atoms with Crippen molar-refractivity contribution in [1.82, 2.24) is 0 Å². The van der Waals surface area contributed by atoms with E-state index >= 15 is 0 Å². The lowest BCUT2D eigenvalue weighted by Crippen LogP contribution is -1.97. The first-order chi connectivity index (χ1) is 12.5. The van der Waals surface area contributed by atoms with E-state index in [1.54, 1.807) is 13.2 Å². The molecule has 0 aliphatic carbocycles. The normalized spacial score (nSPS) is 11.4. The number of methoxy groups -OCH3 is 1. The average molecular weight is 344 g/mol. The lowest BCUT2D eigenvalue weighted by molar-refractivity contribution is 0.104. The van der Waals surface area contributed by atoms with Crippen LogP contribution in [0.5, 0.6) is 5.75 Å². The fraction of sp³-hybridized carbons (Fsp3) is 0.208. The zero-order valence-electron chi connectivity index (χ0n) is 15.5. The Morgan fingerprint density at radius 2 is 1.65 bits per heavy atom. The maximum atomic E-state index is 12.4. The molecular weight excluding hydrogens is 320 g/mol. The summed E-state index contributed by atoms with van der Waals surface area (Å²) in [7, 11) is 1.67. The topological polar surface area (TPSA) is 26.3 Å². The van der Waals surface area contributed by atoms with Gasteiger partial charge < -0.3 is 4.74 Å². The summed E-state index contributed by atoms with van der Waals surface area (Å²) in [6, 6.07) is 20.0. The maximum Gasteiger partial charge on any atom is 0.185 e. The molecule has 3 aromatic rings. The van der Waals surface area contributed by atoms with Crippen LogP contribution in [0.4, 0.5) is 0 Å². The predicted molar refractivity (Wildman–Crippen MR) is 109 cm³/mol. The molecule has 0 atom stereocenters. The Morgan fingerprint density at radius 1 is 0.962 bits per heavy atom. The van der Waals surface area contributed by atoms with E-state index in [0.29, 0.717) is 5.92 Å². The van der Waals surface area contributed by atoms with E-state index in [4.69, 9.17) is 4.74 Å². The number of hydrogen-bond acceptors (Lipinski definition) is 2. The van der Waals surface area contributed by atoms with Crippen molar-refractivity contribution in [2.45, 2.75) is 20.3 Å². The van der Waals surface area contributed by atoms with Crippen LogP contribution >= 0.6 is 0 Å². The minimum absolute atomic E-state index is 0.0240. The first-order valence-electron chi connectivity index (χ1n) is 8.94. The summed E-state index contributed by atoms with van der Waals surface area (Å²) >= 11 is 0. The average Bonchev–Trinajstić information content (AvgIpc) is 2.65. The van der Waals surface area contributed by atoms with E-state index in [2.05, 4.69) is 19.9 Å². The molecule has 0 aromatic heterocycles. The van der Waals surface area contributed by atoms with Gasteiger partial charge in [0.1, 0.15) is 5.75 Å². The first-order valence-corrected chi connectivity index (χ1v) is 8.94. The number of rotatable bonds is 6. The SMILES string of the molecule is COc1ccc2cc(/C=C/C(=O)c3ccc(CC(C)C)cc3)ccc2c1. The minimum Gasteiger partial charge on any atom is -0.497 e. The Bertz CT molecular complexity index is 934. The molecule has 0 saturated carbocycles. The van der Waals surface area contributed by atoms with E-state index < -0.39 is 0 Å². The number of ether oxygens (including phenoxy) is 1. The number of ketones is 1. The molecule has 0 spiro atoms. The van der Waals surface area contributed by atoms with E-state index in [9.17, 15) is 4.79 Å². The molecule has 0 bridgehead atoms. The Hall–Kier alpha value is -2.87. The first kappa shape index (κ1) is 17.9. The molecule has 0 aliphatic rings. The highest BCUT2D eigenvalue weighted by Gasteiger charge is 2.03. The fourth-order valence-corrected chi connectivity index (χ4v) is 3.02. The van der Waals surface area contributed by atoms with Crippen molar-refractivity contribution in [3.05, 3.63) is 83.4 Å². The summed E-state index contributed by atoms with van der Waals surface area (Å²) < 4.78 is 5.25. The van der Waals surface area contributed by atoms with Crippen LogP contribution in [0.3, 0.4) is 0 Å². The molecule has 2 nitrogen and oxygen atoms in total. The van der Waals surface area contributed by atoms with Crippen LogP contribution in [-0.2, 0) is 6.42 Å². The van der Waals surface area contributed by atoms with E-state index in [1.165, 1.54) is 5.56 Å². The van der Waals surface area contributed by atoms with Crippen molar-refractivity contribution in [3.8, 4) is 5.75 Å². The third kappa shape index (κ3) is 4.40. The Morgan fingerprint density at radius 3 is 2.35 bits per heavy atom. The second kappa shape index (κ2) is 8.01. The number of hydrogen-bond donors (Lipinski definition) is 0. The van der Waals surface area contributed by atoms with Crippen LogP contribution in [0, 0.1) is 5.92 Å². The molecule has 132 valence electrons. The monoisotopic (exact) mass is 344 g/mol. The lowest BCUT2D eigenvalue weighted by Gasteiger charge is -2.05. The number of fused-ring (bicyclic) bond motifs is 1. The molecule has 3 aromatic carbocycles. The smallest absolute Gasteiger partial charge is 0.185 e. The van der Waals surface area contributed by atoms with Gasteiger partial charge in [-0.05, 0) is 58.5 Å². The molecule has 0 N–H and O–H groups in total.